The number of rotatable bonds is 8. The number of benzene rings is 1. The van der Waals surface area contributed by atoms with Crippen molar-refractivity contribution in [3.63, 3.8) is 0 Å². The van der Waals surface area contributed by atoms with Gasteiger partial charge in [0.2, 0.25) is 5.91 Å². The van der Waals surface area contributed by atoms with Crippen LogP contribution in [0.25, 0.3) is 11.1 Å². The Kier molecular flexibility index (Phi) is 7.32. The molecule has 1 atom stereocenters. The van der Waals surface area contributed by atoms with Gasteiger partial charge in [0.1, 0.15) is 5.82 Å². The van der Waals surface area contributed by atoms with Crippen molar-refractivity contribution < 1.29 is 4.79 Å². The molecule has 32 heavy (non-hydrogen) atoms. The van der Waals surface area contributed by atoms with Crippen LogP contribution in [0.2, 0.25) is 0 Å². The molecular formula is C26H33N5O. The lowest BCUT2D eigenvalue weighted by atomic mass is 9.91. The standard InChI is InChI=1S/C26H33N5O/c1-3-14-31-17-16-29(20-25-28-13-15-30(25)4-2)19-23(26(31)32)18-22-7-5-6-8-24(22)21-9-11-27-12-10-21/h5-13,15,23H,3-4,14,16-20H2,1-2H3. The summed E-state index contributed by atoms with van der Waals surface area (Å²) in [6.45, 7) is 9.19. The SMILES string of the molecule is CCCN1CCN(Cc2nccn2CC)CC(Cc2ccccc2-c2ccncc2)C1=O. The number of nitrogens with zero attached hydrogens (tertiary/aromatic N) is 5. The van der Waals surface area contributed by atoms with E-state index >= 15 is 0 Å². The van der Waals surface area contributed by atoms with Gasteiger partial charge in [-0.25, -0.2) is 4.98 Å². The van der Waals surface area contributed by atoms with E-state index in [4.69, 9.17) is 0 Å². The molecule has 1 amide bonds. The lowest BCUT2D eigenvalue weighted by Crippen LogP contribution is -2.38. The van der Waals surface area contributed by atoms with Gasteiger partial charge in [-0.05, 0) is 48.6 Å². The fourth-order valence-electron chi connectivity index (χ4n) is 4.66. The predicted molar refractivity (Wildman–Crippen MR) is 127 cm³/mol. The molecule has 6 heteroatoms. The van der Waals surface area contributed by atoms with Gasteiger partial charge in [-0.3, -0.25) is 14.7 Å². The molecule has 0 saturated carbocycles. The minimum absolute atomic E-state index is 0.0722. The van der Waals surface area contributed by atoms with Crippen molar-refractivity contribution in [1.82, 2.24) is 24.3 Å². The minimum Gasteiger partial charge on any atom is -0.341 e. The zero-order valence-corrected chi connectivity index (χ0v) is 19.2. The second-order valence-electron chi connectivity index (χ2n) is 8.48. The number of aryl methyl sites for hydroxylation is 1. The van der Waals surface area contributed by atoms with E-state index in [1.165, 1.54) is 11.1 Å². The van der Waals surface area contributed by atoms with E-state index in [-0.39, 0.29) is 11.8 Å². The molecule has 1 aliphatic rings. The van der Waals surface area contributed by atoms with Crippen molar-refractivity contribution in [2.75, 3.05) is 26.2 Å². The number of imidazole rings is 1. The van der Waals surface area contributed by atoms with Crippen LogP contribution in [0.15, 0.2) is 61.2 Å². The predicted octanol–water partition coefficient (Wildman–Crippen LogP) is 3.88. The molecule has 4 rings (SSSR count). The van der Waals surface area contributed by atoms with Gasteiger partial charge in [-0.1, -0.05) is 31.2 Å². The van der Waals surface area contributed by atoms with E-state index in [2.05, 4.69) is 62.4 Å². The van der Waals surface area contributed by atoms with Gasteiger partial charge < -0.3 is 9.47 Å². The van der Waals surface area contributed by atoms with Gasteiger partial charge >= 0.3 is 0 Å². The molecule has 0 radical (unpaired) electrons. The first-order valence-electron chi connectivity index (χ1n) is 11.7. The third kappa shape index (κ3) is 5.07. The summed E-state index contributed by atoms with van der Waals surface area (Å²) in [5, 5.41) is 0. The summed E-state index contributed by atoms with van der Waals surface area (Å²) < 4.78 is 2.18. The quantitative estimate of drug-likeness (QED) is 0.543. The molecule has 1 aromatic carbocycles. The van der Waals surface area contributed by atoms with Crippen molar-refractivity contribution >= 4 is 5.91 Å². The summed E-state index contributed by atoms with van der Waals surface area (Å²) in [6, 6.07) is 12.5. The lowest BCUT2D eigenvalue weighted by molar-refractivity contribution is -0.134. The number of carbonyl (C=O) groups is 1. The zero-order valence-electron chi connectivity index (χ0n) is 19.2. The Hall–Kier alpha value is -2.99. The molecule has 0 spiro atoms. The molecule has 0 aliphatic carbocycles. The molecule has 2 aromatic heterocycles. The van der Waals surface area contributed by atoms with Crippen LogP contribution in [0.1, 0.15) is 31.7 Å². The topological polar surface area (TPSA) is 54.3 Å². The molecule has 6 nitrogen and oxygen atoms in total. The number of carbonyl (C=O) groups excluding carboxylic acids is 1. The van der Waals surface area contributed by atoms with Gasteiger partial charge in [-0.15, -0.1) is 0 Å². The van der Waals surface area contributed by atoms with Crippen LogP contribution in [0, 0.1) is 5.92 Å². The summed E-state index contributed by atoms with van der Waals surface area (Å²) in [5.41, 5.74) is 3.54. The van der Waals surface area contributed by atoms with Crippen molar-refractivity contribution in [3.8, 4) is 11.1 Å². The number of hydrogen-bond donors (Lipinski definition) is 0. The third-order valence-corrected chi connectivity index (χ3v) is 6.30. The smallest absolute Gasteiger partial charge is 0.227 e. The van der Waals surface area contributed by atoms with Crippen LogP contribution in [-0.4, -0.2) is 56.4 Å². The fourth-order valence-corrected chi connectivity index (χ4v) is 4.66. The number of pyridine rings is 1. The Labute approximate surface area is 190 Å². The van der Waals surface area contributed by atoms with E-state index < -0.39 is 0 Å². The average molecular weight is 432 g/mol. The summed E-state index contributed by atoms with van der Waals surface area (Å²) in [6.07, 6.45) is 9.26. The Balaban J connectivity index is 1.59. The maximum atomic E-state index is 13.5. The van der Waals surface area contributed by atoms with E-state index in [9.17, 15) is 4.79 Å². The first kappa shape index (κ1) is 22.2. The second kappa shape index (κ2) is 10.6. The molecule has 1 aliphatic heterocycles. The van der Waals surface area contributed by atoms with E-state index in [0.717, 1.165) is 63.5 Å². The van der Waals surface area contributed by atoms with Crippen molar-refractivity contribution in [2.45, 2.75) is 39.8 Å². The fraction of sp³-hybridized carbons (Fsp3) is 0.423. The maximum Gasteiger partial charge on any atom is 0.227 e. The van der Waals surface area contributed by atoms with Crippen molar-refractivity contribution in [1.29, 1.82) is 0 Å². The Morgan fingerprint density at radius 3 is 2.62 bits per heavy atom. The Bertz CT molecular complexity index is 1020. The van der Waals surface area contributed by atoms with Gasteiger partial charge in [-0.2, -0.15) is 0 Å². The highest BCUT2D eigenvalue weighted by Crippen LogP contribution is 2.27. The summed E-state index contributed by atoms with van der Waals surface area (Å²) in [4.78, 5) is 26.7. The molecule has 168 valence electrons. The van der Waals surface area contributed by atoms with E-state index in [0.29, 0.717) is 0 Å². The number of aromatic nitrogens is 3. The van der Waals surface area contributed by atoms with Crippen LogP contribution in [0.3, 0.4) is 0 Å². The minimum atomic E-state index is -0.0722. The normalized spacial score (nSPS) is 17.5. The molecule has 3 aromatic rings. The van der Waals surface area contributed by atoms with Crippen molar-refractivity contribution in [2.24, 2.45) is 5.92 Å². The highest BCUT2D eigenvalue weighted by molar-refractivity contribution is 5.80. The molecule has 1 fully saturated rings. The van der Waals surface area contributed by atoms with Crippen LogP contribution in [-0.2, 0) is 24.3 Å². The van der Waals surface area contributed by atoms with Crippen LogP contribution < -0.4 is 0 Å². The number of amides is 1. The summed E-state index contributed by atoms with van der Waals surface area (Å²) >= 11 is 0. The van der Waals surface area contributed by atoms with Gasteiger partial charge in [0.25, 0.3) is 0 Å². The van der Waals surface area contributed by atoms with Crippen molar-refractivity contribution in [3.05, 3.63) is 72.6 Å². The molecule has 1 saturated heterocycles. The maximum absolute atomic E-state index is 13.5. The van der Waals surface area contributed by atoms with E-state index in [1.54, 1.807) is 0 Å². The first-order valence-corrected chi connectivity index (χ1v) is 11.7. The lowest BCUT2D eigenvalue weighted by Gasteiger charge is -2.24. The van der Waals surface area contributed by atoms with Gasteiger partial charge in [0, 0.05) is 57.5 Å². The summed E-state index contributed by atoms with van der Waals surface area (Å²) in [5.74, 6) is 1.27. The summed E-state index contributed by atoms with van der Waals surface area (Å²) in [7, 11) is 0. The molecule has 0 N–H and O–H groups in total. The third-order valence-electron chi connectivity index (χ3n) is 6.30. The highest BCUT2D eigenvalue weighted by Gasteiger charge is 2.31. The van der Waals surface area contributed by atoms with Crippen LogP contribution in [0.4, 0.5) is 0 Å². The molecule has 3 heterocycles. The first-order chi connectivity index (χ1) is 15.7. The monoisotopic (exact) mass is 431 g/mol. The highest BCUT2D eigenvalue weighted by atomic mass is 16.2. The number of hydrogen-bond acceptors (Lipinski definition) is 4. The van der Waals surface area contributed by atoms with Crippen LogP contribution >= 0.6 is 0 Å². The molecule has 0 bridgehead atoms. The second-order valence-corrected chi connectivity index (χ2v) is 8.48. The van der Waals surface area contributed by atoms with Crippen LogP contribution in [0.5, 0.6) is 0 Å². The largest absolute Gasteiger partial charge is 0.341 e. The molecular weight excluding hydrogens is 398 g/mol. The van der Waals surface area contributed by atoms with Gasteiger partial charge in [0.15, 0.2) is 0 Å². The van der Waals surface area contributed by atoms with E-state index in [1.807, 2.05) is 36.9 Å². The molecule has 1 unspecified atom stereocenters. The Morgan fingerprint density at radius 2 is 1.84 bits per heavy atom. The Morgan fingerprint density at radius 1 is 1.03 bits per heavy atom. The van der Waals surface area contributed by atoms with Gasteiger partial charge in [0.05, 0.1) is 12.5 Å². The average Bonchev–Trinajstić information content (AvgIpc) is 3.23. The zero-order chi connectivity index (χ0) is 22.3.